The molecule has 2 fully saturated rings. The molecule has 1 unspecified atom stereocenters. The van der Waals surface area contributed by atoms with Crippen molar-refractivity contribution >= 4 is 17.3 Å². The Morgan fingerprint density at radius 1 is 0.759 bits per heavy atom. The van der Waals surface area contributed by atoms with Crippen LogP contribution in [0.15, 0.2) is 54.6 Å². The summed E-state index contributed by atoms with van der Waals surface area (Å²) in [6.07, 6.45) is 0. The van der Waals surface area contributed by atoms with Gasteiger partial charge in [0.15, 0.2) is 0 Å². The van der Waals surface area contributed by atoms with Gasteiger partial charge in [-0.2, -0.15) is 0 Å². The van der Waals surface area contributed by atoms with Gasteiger partial charge in [0.2, 0.25) is 5.91 Å². The van der Waals surface area contributed by atoms with E-state index < -0.39 is 0 Å². The molecule has 4 rings (SSSR count). The highest BCUT2D eigenvalue weighted by Crippen LogP contribution is 2.20. The first-order valence-corrected chi connectivity index (χ1v) is 10.5. The van der Waals surface area contributed by atoms with Gasteiger partial charge in [-0.05, 0) is 43.3 Å². The number of para-hydroxylation sites is 1. The van der Waals surface area contributed by atoms with Crippen LogP contribution in [0.4, 0.5) is 15.8 Å². The van der Waals surface area contributed by atoms with Crippen molar-refractivity contribution in [2.24, 2.45) is 0 Å². The Bertz CT molecular complexity index is 797. The van der Waals surface area contributed by atoms with Crippen LogP contribution in [-0.2, 0) is 4.79 Å². The summed E-state index contributed by atoms with van der Waals surface area (Å²) in [5.41, 5.74) is 2.27. The van der Waals surface area contributed by atoms with Crippen LogP contribution in [0.25, 0.3) is 0 Å². The molecule has 2 saturated heterocycles. The van der Waals surface area contributed by atoms with E-state index in [4.69, 9.17) is 0 Å². The summed E-state index contributed by atoms with van der Waals surface area (Å²) in [5.74, 6) is 0.0203. The molecule has 2 aromatic carbocycles. The summed E-state index contributed by atoms with van der Waals surface area (Å²) in [6, 6.07) is 16.9. The zero-order valence-corrected chi connectivity index (χ0v) is 17.0. The lowest BCUT2D eigenvalue weighted by atomic mass is 10.1. The Morgan fingerprint density at radius 3 is 1.86 bits per heavy atom. The second-order valence-electron chi connectivity index (χ2n) is 7.82. The van der Waals surface area contributed by atoms with Gasteiger partial charge in [0, 0.05) is 63.7 Å². The monoisotopic (exact) mass is 396 g/mol. The molecule has 1 atom stereocenters. The molecule has 0 N–H and O–H groups in total. The van der Waals surface area contributed by atoms with Crippen LogP contribution in [-0.4, -0.2) is 74.1 Å². The molecule has 0 aromatic heterocycles. The Hall–Kier alpha value is -2.60. The molecule has 0 bridgehead atoms. The summed E-state index contributed by atoms with van der Waals surface area (Å²) in [7, 11) is 0. The van der Waals surface area contributed by atoms with E-state index in [1.54, 1.807) is 0 Å². The molecule has 2 aliphatic rings. The molecule has 0 spiro atoms. The van der Waals surface area contributed by atoms with Crippen LogP contribution in [0.3, 0.4) is 0 Å². The minimum atomic E-state index is -0.209. The SMILES string of the molecule is CC(C(=O)N1CCN(c2ccccc2)CC1)N1CCN(c2ccc(F)cc2)CC1. The normalized spacial score (nSPS) is 19.3. The number of carbonyl (C=O) groups excluding carboxylic acids is 1. The minimum Gasteiger partial charge on any atom is -0.369 e. The summed E-state index contributed by atoms with van der Waals surface area (Å²) in [6.45, 7) is 8.71. The number of benzene rings is 2. The molecule has 6 heteroatoms. The van der Waals surface area contributed by atoms with E-state index in [0.29, 0.717) is 0 Å². The zero-order chi connectivity index (χ0) is 20.2. The molecule has 5 nitrogen and oxygen atoms in total. The van der Waals surface area contributed by atoms with Crippen LogP contribution in [0.1, 0.15) is 6.92 Å². The molecule has 0 aliphatic carbocycles. The number of anilines is 2. The van der Waals surface area contributed by atoms with Crippen LogP contribution in [0.2, 0.25) is 0 Å². The van der Waals surface area contributed by atoms with E-state index in [9.17, 15) is 9.18 Å². The van der Waals surface area contributed by atoms with E-state index in [0.717, 1.165) is 58.0 Å². The second kappa shape index (κ2) is 8.82. The lowest BCUT2D eigenvalue weighted by molar-refractivity contribution is -0.136. The highest BCUT2D eigenvalue weighted by Gasteiger charge is 2.30. The summed E-state index contributed by atoms with van der Waals surface area (Å²) in [4.78, 5) is 21.9. The predicted molar refractivity (Wildman–Crippen MR) is 115 cm³/mol. The number of nitrogens with zero attached hydrogens (tertiary/aromatic N) is 4. The number of rotatable bonds is 4. The molecule has 2 aromatic rings. The van der Waals surface area contributed by atoms with Crippen molar-refractivity contribution < 1.29 is 9.18 Å². The van der Waals surface area contributed by atoms with E-state index in [-0.39, 0.29) is 17.8 Å². The van der Waals surface area contributed by atoms with Gasteiger partial charge in [-0.15, -0.1) is 0 Å². The molecule has 0 radical (unpaired) electrons. The smallest absolute Gasteiger partial charge is 0.239 e. The standard InChI is InChI=1S/C23H29FN4O/c1-19(25-11-13-27(14-12-25)22-9-7-20(24)8-10-22)23(29)28-17-15-26(16-18-28)21-5-3-2-4-6-21/h2-10,19H,11-18H2,1H3. The molecule has 1 amide bonds. The zero-order valence-electron chi connectivity index (χ0n) is 17.0. The maximum absolute atomic E-state index is 13.1. The maximum atomic E-state index is 13.1. The van der Waals surface area contributed by atoms with Gasteiger partial charge in [-0.1, -0.05) is 18.2 Å². The number of halogens is 1. The first-order chi connectivity index (χ1) is 14.1. The van der Waals surface area contributed by atoms with Crippen LogP contribution in [0.5, 0.6) is 0 Å². The van der Waals surface area contributed by atoms with Gasteiger partial charge in [-0.25, -0.2) is 4.39 Å². The first kappa shape index (κ1) is 19.7. The van der Waals surface area contributed by atoms with Gasteiger partial charge in [0.25, 0.3) is 0 Å². The number of carbonyl (C=O) groups is 1. The first-order valence-electron chi connectivity index (χ1n) is 10.5. The highest BCUT2D eigenvalue weighted by molar-refractivity contribution is 5.81. The van der Waals surface area contributed by atoms with Crippen molar-refractivity contribution in [2.45, 2.75) is 13.0 Å². The summed E-state index contributed by atoms with van der Waals surface area (Å²) >= 11 is 0. The Kier molecular flexibility index (Phi) is 6.00. The lowest BCUT2D eigenvalue weighted by Gasteiger charge is -2.42. The number of hydrogen-bond acceptors (Lipinski definition) is 4. The second-order valence-corrected chi connectivity index (χ2v) is 7.82. The van der Waals surface area contributed by atoms with Crippen molar-refractivity contribution in [3.63, 3.8) is 0 Å². The molecule has 29 heavy (non-hydrogen) atoms. The fourth-order valence-electron chi connectivity index (χ4n) is 4.26. The topological polar surface area (TPSA) is 30.0 Å². The Labute approximate surface area is 172 Å². The maximum Gasteiger partial charge on any atom is 0.239 e. The molecule has 0 saturated carbocycles. The van der Waals surface area contributed by atoms with Crippen molar-refractivity contribution in [1.82, 2.24) is 9.80 Å². The number of hydrogen-bond donors (Lipinski definition) is 0. The highest BCUT2D eigenvalue weighted by atomic mass is 19.1. The third kappa shape index (κ3) is 4.53. The fourth-order valence-corrected chi connectivity index (χ4v) is 4.26. The third-order valence-electron chi connectivity index (χ3n) is 6.12. The largest absolute Gasteiger partial charge is 0.369 e. The lowest BCUT2D eigenvalue weighted by Crippen LogP contribution is -2.57. The van der Waals surface area contributed by atoms with E-state index >= 15 is 0 Å². The number of amides is 1. The van der Waals surface area contributed by atoms with Crippen LogP contribution < -0.4 is 9.80 Å². The summed E-state index contributed by atoms with van der Waals surface area (Å²) < 4.78 is 13.1. The van der Waals surface area contributed by atoms with Crippen molar-refractivity contribution in [1.29, 1.82) is 0 Å². The minimum absolute atomic E-state index is 0.103. The summed E-state index contributed by atoms with van der Waals surface area (Å²) in [5, 5.41) is 0. The average molecular weight is 397 g/mol. The molecular formula is C23H29FN4O. The van der Waals surface area contributed by atoms with Gasteiger partial charge in [-0.3, -0.25) is 9.69 Å². The van der Waals surface area contributed by atoms with Gasteiger partial charge in [0.05, 0.1) is 6.04 Å². The average Bonchev–Trinajstić information content (AvgIpc) is 2.79. The van der Waals surface area contributed by atoms with Gasteiger partial charge >= 0.3 is 0 Å². The van der Waals surface area contributed by atoms with E-state index in [1.165, 1.54) is 17.8 Å². The predicted octanol–water partition coefficient (Wildman–Crippen LogP) is 2.69. The van der Waals surface area contributed by atoms with Crippen molar-refractivity contribution in [3.8, 4) is 0 Å². The van der Waals surface area contributed by atoms with Gasteiger partial charge < -0.3 is 14.7 Å². The molecular weight excluding hydrogens is 367 g/mol. The van der Waals surface area contributed by atoms with Crippen molar-refractivity contribution in [2.75, 3.05) is 62.2 Å². The Balaban J connectivity index is 1.27. The molecule has 2 heterocycles. The van der Waals surface area contributed by atoms with Gasteiger partial charge in [0.1, 0.15) is 5.82 Å². The Morgan fingerprint density at radius 2 is 1.28 bits per heavy atom. The number of piperazine rings is 2. The third-order valence-corrected chi connectivity index (χ3v) is 6.12. The van der Waals surface area contributed by atoms with Crippen LogP contribution in [0, 0.1) is 5.82 Å². The molecule has 2 aliphatic heterocycles. The van der Waals surface area contributed by atoms with E-state index in [1.807, 2.05) is 30.0 Å². The fraction of sp³-hybridized carbons (Fsp3) is 0.435. The molecule has 154 valence electrons. The van der Waals surface area contributed by atoms with E-state index in [2.05, 4.69) is 39.0 Å². The quantitative estimate of drug-likeness (QED) is 0.795. The van der Waals surface area contributed by atoms with Crippen LogP contribution >= 0.6 is 0 Å². The van der Waals surface area contributed by atoms with Crippen molar-refractivity contribution in [3.05, 3.63) is 60.4 Å².